The average Bonchev–Trinajstić information content (AvgIpc) is 3.05. The SMILES string of the molecule is COc1ccc(Cl)cc1-n1c(SCCCO)nnc1-c1cccc(Cl)c1. The zero-order valence-corrected chi connectivity index (χ0v) is 16.4. The molecule has 0 atom stereocenters. The van der Waals surface area contributed by atoms with E-state index in [1.807, 2.05) is 41.0 Å². The monoisotopic (exact) mass is 409 g/mol. The van der Waals surface area contributed by atoms with Crippen LogP contribution < -0.4 is 4.74 Å². The van der Waals surface area contributed by atoms with Gasteiger partial charge in [-0.05, 0) is 36.8 Å². The first kappa shape index (κ1) is 19.0. The number of ether oxygens (including phenoxy) is 1. The Balaban J connectivity index is 2.17. The van der Waals surface area contributed by atoms with Crippen LogP contribution in [0.25, 0.3) is 17.1 Å². The van der Waals surface area contributed by atoms with Gasteiger partial charge in [0.05, 0.1) is 12.8 Å². The van der Waals surface area contributed by atoms with Crippen LogP contribution in [0.4, 0.5) is 0 Å². The van der Waals surface area contributed by atoms with Crippen molar-refractivity contribution in [2.24, 2.45) is 0 Å². The first-order chi connectivity index (χ1) is 12.6. The average molecular weight is 410 g/mol. The van der Waals surface area contributed by atoms with Crippen molar-refractivity contribution in [2.75, 3.05) is 19.5 Å². The van der Waals surface area contributed by atoms with Gasteiger partial charge in [-0.1, -0.05) is 47.1 Å². The second kappa shape index (κ2) is 8.77. The summed E-state index contributed by atoms with van der Waals surface area (Å²) in [5.74, 6) is 2.01. The minimum Gasteiger partial charge on any atom is -0.495 e. The smallest absolute Gasteiger partial charge is 0.196 e. The van der Waals surface area contributed by atoms with E-state index in [0.717, 1.165) is 11.3 Å². The lowest BCUT2D eigenvalue weighted by atomic mass is 10.2. The van der Waals surface area contributed by atoms with E-state index in [-0.39, 0.29) is 6.61 Å². The summed E-state index contributed by atoms with van der Waals surface area (Å²) in [5, 5.41) is 19.6. The van der Waals surface area contributed by atoms with Crippen LogP contribution in [-0.2, 0) is 0 Å². The second-order valence-corrected chi connectivity index (χ2v) is 7.33. The molecule has 2 aromatic carbocycles. The first-order valence-electron chi connectivity index (χ1n) is 7.93. The van der Waals surface area contributed by atoms with Gasteiger partial charge >= 0.3 is 0 Å². The van der Waals surface area contributed by atoms with Gasteiger partial charge < -0.3 is 9.84 Å². The molecule has 1 N–H and O–H groups in total. The van der Waals surface area contributed by atoms with Gasteiger partial charge in [-0.3, -0.25) is 4.57 Å². The molecule has 8 heteroatoms. The quantitative estimate of drug-likeness (QED) is 0.451. The largest absolute Gasteiger partial charge is 0.495 e. The number of methoxy groups -OCH3 is 1. The first-order valence-corrected chi connectivity index (χ1v) is 9.67. The van der Waals surface area contributed by atoms with Crippen LogP contribution in [0.3, 0.4) is 0 Å². The highest BCUT2D eigenvalue weighted by atomic mass is 35.5. The zero-order chi connectivity index (χ0) is 18.5. The van der Waals surface area contributed by atoms with Crippen molar-refractivity contribution >= 4 is 35.0 Å². The fourth-order valence-electron chi connectivity index (χ4n) is 2.46. The molecule has 26 heavy (non-hydrogen) atoms. The molecule has 3 rings (SSSR count). The van der Waals surface area contributed by atoms with Crippen molar-refractivity contribution in [3.63, 3.8) is 0 Å². The molecule has 0 aliphatic heterocycles. The molecule has 0 amide bonds. The van der Waals surface area contributed by atoms with Crippen LogP contribution in [-0.4, -0.2) is 39.3 Å². The molecule has 5 nitrogen and oxygen atoms in total. The molecule has 0 aliphatic rings. The lowest BCUT2D eigenvalue weighted by Gasteiger charge is -2.14. The third-order valence-electron chi connectivity index (χ3n) is 3.63. The summed E-state index contributed by atoms with van der Waals surface area (Å²) < 4.78 is 7.41. The number of thioether (sulfide) groups is 1. The Bertz CT molecular complexity index is 902. The van der Waals surface area contributed by atoms with Gasteiger partial charge in [-0.25, -0.2) is 0 Å². The summed E-state index contributed by atoms with van der Waals surface area (Å²) in [7, 11) is 1.61. The molecule has 0 unspecified atom stereocenters. The van der Waals surface area contributed by atoms with Gasteiger partial charge in [0.2, 0.25) is 0 Å². The molecular weight excluding hydrogens is 393 g/mol. The Morgan fingerprint density at radius 2 is 1.92 bits per heavy atom. The number of hydrogen-bond donors (Lipinski definition) is 1. The Labute approximate surface area is 165 Å². The standard InChI is InChI=1S/C18H17Cl2N3O2S/c1-25-16-7-6-14(20)11-15(16)23-17(12-4-2-5-13(19)10-12)21-22-18(23)26-9-3-8-24/h2,4-7,10-11,24H,3,8-9H2,1H3. The van der Waals surface area contributed by atoms with Crippen LogP contribution in [0.1, 0.15) is 6.42 Å². The van der Waals surface area contributed by atoms with Crippen LogP contribution in [0.5, 0.6) is 5.75 Å². The predicted octanol–water partition coefficient (Wildman–Crippen LogP) is 4.72. The molecule has 1 aromatic heterocycles. The number of rotatable bonds is 7. The van der Waals surface area contributed by atoms with Crippen LogP contribution in [0, 0.1) is 0 Å². The van der Waals surface area contributed by atoms with E-state index in [0.29, 0.717) is 38.9 Å². The van der Waals surface area contributed by atoms with Crippen molar-refractivity contribution in [1.29, 1.82) is 0 Å². The van der Waals surface area contributed by atoms with E-state index in [9.17, 15) is 0 Å². The van der Waals surface area contributed by atoms with Gasteiger partial charge in [-0.2, -0.15) is 0 Å². The Morgan fingerprint density at radius 1 is 1.12 bits per heavy atom. The number of aromatic nitrogens is 3. The molecule has 0 radical (unpaired) electrons. The summed E-state index contributed by atoms with van der Waals surface area (Å²) in [6.45, 7) is 0.128. The topological polar surface area (TPSA) is 60.2 Å². The van der Waals surface area contributed by atoms with Crippen molar-refractivity contribution in [3.05, 3.63) is 52.5 Å². The number of halogens is 2. The third kappa shape index (κ3) is 4.15. The van der Waals surface area contributed by atoms with Crippen LogP contribution >= 0.6 is 35.0 Å². The fraction of sp³-hybridized carbons (Fsp3) is 0.222. The lowest BCUT2D eigenvalue weighted by Crippen LogP contribution is -2.03. The van der Waals surface area contributed by atoms with Crippen LogP contribution in [0.15, 0.2) is 47.6 Å². The molecule has 136 valence electrons. The third-order valence-corrected chi connectivity index (χ3v) is 5.12. The predicted molar refractivity (Wildman–Crippen MR) is 106 cm³/mol. The maximum Gasteiger partial charge on any atom is 0.196 e. The van der Waals surface area contributed by atoms with Gasteiger partial charge in [0.1, 0.15) is 5.75 Å². The number of aliphatic hydroxyl groups is 1. The van der Waals surface area contributed by atoms with Crippen molar-refractivity contribution in [3.8, 4) is 22.8 Å². The summed E-state index contributed by atoms with van der Waals surface area (Å²) >= 11 is 13.9. The normalized spacial score (nSPS) is 10.9. The van der Waals surface area contributed by atoms with E-state index >= 15 is 0 Å². The maximum atomic E-state index is 9.05. The van der Waals surface area contributed by atoms with Crippen LogP contribution in [0.2, 0.25) is 10.0 Å². The highest BCUT2D eigenvalue weighted by Gasteiger charge is 2.19. The minimum absolute atomic E-state index is 0.128. The summed E-state index contributed by atoms with van der Waals surface area (Å²) in [6, 6.07) is 12.8. The molecule has 3 aromatic rings. The second-order valence-electron chi connectivity index (χ2n) is 5.39. The Kier molecular flexibility index (Phi) is 6.43. The molecule has 0 spiro atoms. The highest BCUT2D eigenvalue weighted by molar-refractivity contribution is 7.99. The van der Waals surface area contributed by atoms with E-state index < -0.39 is 0 Å². The summed E-state index contributed by atoms with van der Waals surface area (Å²) in [6.07, 6.45) is 0.663. The maximum absolute atomic E-state index is 9.05. The summed E-state index contributed by atoms with van der Waals surface area (Å²) in [4.78, 5) is 0. The minimum atomic E-state index is 0.128. The Morgan fingerprint density at radius 3 is 2.65 bits per heavy atom. The molecule has 0 aliphatic carbocycles. The molecule has 0 bridgehead atoms. The lowest BCUT2D eigenvalue weighted by molar-refractivity contribution is 0.296. The van der Waals surface area contributed by atoms with E-state index in [1.54, 1.807) is 13.2 Å². The van der Waals surface area contributed by atoms with Crippen molar-refractivity contribution in [1.82, 2.24) is 14.8 Å². The Hall–Kier alpha value is -1.73. The highest BCUT2D eigenvalue weighted by Crippen LogP contribution is 2.34. The van der Waals surface area contributed by atoms with E-state index in [1.165, 1.54) is 11.8 Å². The zero-order valence-electron chi connectivity index (χ0n) is 14.0. The van der Waals surface area contributed by atoms with Gasteiger partial charge in [0.15, 0.2) is 11.0 Å². The van der Waals surface area contributed by atoms with E-state index in [2.05, 4.69) is 10.2 Å². The molecule has 0 saturated heterocycles. The number of hydrogen-bond acceptors (Lipinski definition) is 5. The number of nitrogens with zero attached hydrogens (tertiary/aromatic N) is 3. The van der Waals surface area contributed by atoms with E-state index in [4.69, 9.17) is 33.0 Å². The van der Waals surface area contributed by atoms with Gasteiger partial charge in [0, 0.05) is 28.0 Å². The fourth-order valence-corrected chi connectivity index (χ4v) is 3.69. The van der Waals surface area contributed by atoms with Crippen molar-refractivity contribution < 1.29 is 9.84 Å². The molecule has 1 heterocycles. The van der Waals surface area contributed by atoms with Gasteiger partial charge in [0.25, 0.3) is 0 Å². The van der Waals surface area contributed by atoms with Gasteiger partial charge in [-0.15, -0.1) is 10.2 Å². The number of aliphatic hydroxyl groups excluding tert-OH is 1. The molecule has 0 saturated carbocycles. The molecule has 0 fully saturated rings. The molecular formula is C18H17Cl2N3O2S. The number of benzene rings is 2. The summed E-state index contributed by atoms with van der Waals surface area (Å²) in [5.41, 5.74) is 1.58. The van der Waals surface area contributed by atoms with Crippen molar-refractivity contribution in [2.45, 2.75) is 11.6 Å².